The lowest BCUT2D eigenvalue weighted by atomic mass is 10.2. The molecule has 0 fully saturated rings. The minimum absolute atomic E-state index is 0.0749. The number of nitrogens with one attached hydrogen (secondary N) is 2. The lowest BCUT2D eigenvalue weighted by molar-refractivity contribution is -0.114. The van der Waals surface area contributed by atoms with E-state index in [0.29, 0.717) is 17.3 Å². The molecule has 0 saturated carbocycles. The second kappa shape index (κ2) is 6.99. The van der Waals surface area contributed by atoms with Crippen LogP contribution in [-0.4, -0.2) is 13.0 Å². The molecule has 0 radical (unpaired) electrons. The molecule has 0 spiro atoms. The average molecular weight is 305 g/mol. The Morgan fingerprint density at radius 1 is 1.14 bits per heavy atom. The van der Waals surface area contributed by atoms with E-state index < -0.39 is 0 Å². The van der Waals surface area contributed by atoms with Gasteiger partial charge in [-0.15, -0.1) is 0 Å². The first-order chi connectivity index (χ1) is 10.1. The SMILES string of the molecule is COc1cc(NCc2ccc(NC(C)=O)cc2)ccc1Cl. The Balaban J connectivity index is 1.98. The normalized spacial score (nSPS) is 10.0. The highest BCUT2D eigenvalue weighted by atomic mass is 35.5. The van der Waals surface area contributed by atoms with E-state index in [-0.39, 0.29) is 5.91 Å². The molecule has 110 valence electrons. The van der Waals surface area contributed by atoms with Crippen LogP contribution in [0.4, 0.5) is 11.4 Å². The zero-order valence-corrected chi connectivity index (χ0v) is 12.7. The zero-order chi connectivity index (χ0) is 15.2. The van der Waals surface area contributed by atoms with Crippen molar-refractivity contribution in [3.8, 4) is 5.75 Å². The van der Waals surface area contributed by atoms with E-state index in [4.69, 9.17) is 16.3 Å². The summed E-state index contributed by atoms with van der Waals surface area (Å²) < 4.78 is 5.18. The van der Waals surface area contributed by atoms with Crippen LogP contribution in [0.3, 0.4) is 0 Å². The maximum absolute atomic E-state index is 11.0. The second-order valence-corrected chi connectivity index (χ2v) is 4.99. The van der Waals surface area contributed by atoms with Crippen LogP contribution in [0.2, 0.25) is 5.02 Å². The first-order valence-corrected chi connectivity index (χ1v) is 6.90. The molecule has 0 heterocycles. The average Bonchev–Trinajstić information content (AvgIpc) is 2.47. The van der Waals surface area contributed by atoms with Gasteiger partial charge in [-0.1, -0.05) is 23.7 Å². The van der Waals surface area contributed by atoms with Crippen LogP contribution >= 0.6 is 11.6 Å². The van der Waals surface area contributed by atoms with Crippen LogP contribution in [0.25, 0.3) is 0 Å². The van der Waals surface area contributed by atoms with Crippen LogP contribution < -0.4 is 15.4 Å². The topological polar surface area (TPSA) is 50.4 Å². The Labute approximate surface area is 129 Å². The second-order valence-electron chi connectivity index (χ2n) is 4.58. The molecule has 5 heteroatoms. The molecule has 0 bridgehead atoms. The Bertz CT molecular complexity index is 627. The van der Waals surface area contributed by atoms with Gasteiger partial charge in [0.05, 0.1) is 12.1 Å². The summed E-state index contributed by atoms with van der Waals surface area (Å²) in [5.74, 6) is 0.566. The van der Waals surface area contributed by atoms with Crippen LogP contribution in [-0.2, 0) is 11.3 Å². The zero-order valence-electron chi connectivity index (χ0n) is 11.9. The van der Waals surface area contributed by atoms with Crippen molar-refractivity contribution in [1.82, 2.24) is 0 Å². The third-order valence-electron chi connectivity index (χ3n) is 2.92. The molecule has 1 amide bonds. The van der Waals surface area contributed by atoms with E-state index in [2.05, 4.69) is 10.6 Å². The van der Waals surface area contributed by atoms with Crippen molar-refractivity contribution in [1.29, 1.82) is 0 Å². The molecular formula is C16H17ClN2O2. The molecule has 0 aromatic heterocycles. The predicted molar refractivity (Wildman–Crippen MR) is 86.1 cm³/mol. The van der Waals surface area contributed by atoms with E-state index in [1.807, 2.05) is 36.4 Å². The molecule has 2 rings (SSSR count). The summed E-state index contributed by atoms with van der Waals surface area (Å²) in [5.41, 5.74) is 2.83. The number of ether oxygens (including phenoxy) is 1. The lowest BCUT2D eigenvalue weighted by Gasteiger charge is -2.10. The highest BCUT2D eigenvalue weighted by Gasteiger charge is 2.02. The lowest BCUT2D eigenvalue weighted by Crippen LogP contribution is -2.06. The van der Waals surface area contributed by atoms with Gasteiger partial charge < -0.3 is 15.4 Å². The molecule has 4 nitrogen and oxygen atoms in total. The van der Waals surface area contributed by atoms with Gasteiger partial charge in [0, 0.05) is 30.9 Å². The van der Waals surface area contributed by atoms with Gasteiger partial charge in [-0.3, -0.25) is 4.79 Å². The number of hydrogen-bond acceptors (Lipinski definition) is 3. The number of methoxy groups -OCH3 is 1. The van der Waals surface area contributed by atoms with Gasteiger partial charge in [0.15, 0.2) is 0 Å². The fourth-order valence-corrected chi connectivity index (χ4v) is 2.08. The largest absolute Gasteiger partial charge is 0.495 e. The Morgan fingerprint density at radius 2 is 1.81 bits per heavy atom. The van der Waals surface area contributed by atoms with E-state index in [9.17, 15) is 4.79 Å². The van der Waals surface area contributed by atoms with Gasteiger partial charge in [0.25, 0.3) is 0 Å². The Morgan fingerprint density at radius 3 is 2.43 bits per heavy atom. The highest BCUT2D eigenvalue weighted by molar-refractivity contribution is 6.32. The number of amides is 1. The van der Waals surface area contributed by atoms with Gasteiger partial charge in [-0.25, -0.2) is 0 Å². The molecule has 0 aliphatic rings. The van der Waals surface area contributed by atoms with Crippen molar-refractivity contribution in [3.05, 3.63) is 53.1 Å². The number of rotatable bonds is 5. The molecule has 2 N–H and O–H groups in total. The smallest absolute Gasteiger partial charge is 0.221 e. The molecule has 2 aromatic carbocycles. The van der Waals surface area contributed by atoms with Crippen LogP contribution in [0, 0.1) is 0 Å². The van der Waals surface area contributed by atoms with Crippen molar-refractivity contribution >= 4 is 28.9 Å². The number of hydrogen-bond donors (Lipinski definition) is 2. The summed E-state index contributed by atoms with van der Waals surface area (Å²) in [6.45, 7) is 2.16. The first-order valence-electron chi connectivity index (χ1n) is 6.52. The van der Waals surface area contributed by atoms with Gasteiger partial charge in [0.2, 0.25) is 5.91 Å². The summed E-state index contributed by atoms with van der Waals surface area (Å²) in [6, 6.07) is 13.2. The monoisotopic (exact) mass is 304 g/mol. The van der Waals surface area contributed by atoms with E-state index in [0.717, 1.165) is 16.9 Å². The molecule has 0 saturated heterocycles. The summed E-state index contributed by atoms with van der Waals surface area (Å²) >= 11 is 5.99. The molecule has 0 unspecified atom stereocenters. The van der Waals surface area contributed by atoms with Crippen LogP contribution in [0.15, 0.2) is 42.5 Å². The minimum Gasteiger partial charge on any atom is -0.495 e. The Kier molecular flexibility index (Phi) is 5.06. The standard InChI is InChI=1S/C16H17ClN2O2/c1-11(20)19-13-5-3-12(4-6-13)10-18-14-7-8-15(17)16(9-14)21-2/h3-9,18H,10H2,1-2H3,(H,19,20). The fourth-order valence-electron chi connectivity index (χ4n) is 1.88. The van der Waals surface area contributed by atoms with Gasteiger partial charge in [-0.2, -0.15) is 0 Å². The molecule has 0 aliphatic heterocycles. The van der Waals surface area contributed by atoms with Crippen molar-refractivity contribution in [2.45, 2.75) is 13.5 Å². The van der Waals surface area contributed by atoms with Crippen molar-refractivity contribution in [2.24, 2.45) is 0 Å². The maximum Gasteiger partial charge on any atom is 0.221 e. The third kappa shape index (κ3) is 4.39. The van der Waals surface area contributed by atoms with Crippen molar-refractivity contribution < 1.29 is 9.53 Å². The van der Waals surface area contributed by atoms with E-state index in [1.54, 1.807) is 13.2 Å². The maximum atomic E-state index is 11.0. The Hall–Kier alpha value is -2.20. The number of carbonyl (C=O) groups is 1. The van der Waals surface area contributed by atoms with Crippen molar-refractivity contribution in [2.75, 3.05) is 17.7 Å². The predicted octanol–water partition coefficient (Wildman–Crippen LogP) is 3.92. The summed E-state index contributed by atoms with van der Waals surface area (Å²) in [4.78, 5) is 11.0. The van der Waals surface area contributed by atoms with Gasteiger partial charge in [0.1, 0.15) is 5.75 Å². The van der Waals surface area contributed by atoms with Gasteiger partial charge >= 0.3 is 0 Å². The number of carbonyl (C=O) groups excluding carboxylic acids is 1. The van der Waals surface area contributed by atoms with Crippen molar-refractivity contribution in [3.63, 3.8) is 0 Å². The minimum atomic E-state index is -0.0749. The molecule has 0 atom stereocenters. The first kappa shape index (κ1) is 15.2. The fraction of sp³-hybridized carbons (Fsp3) is 0.188. The molecule has 21 heavy (non-hydrogen) atoms. The van der Waals surface area contributed by atoms with E-state index in [1.165, 1.54) is 6.92 Å². The summed E-state index contributed by atoms with van der Waals surface area (Å²) in [7, 11) is 1.59. The number of benzene rings is 2. The quantitative estimate of drug-likeness (QED) is 0.880. The highest BCUT2D eigenvalue weighted by Crippen LogP contribution is 2.27. The summed E-state index contributed by atoms with van der Waals surface area (Å²) in [6.07, 6.45) is 0. The summed E-state index contributed by atoms with van der Waals surface area (Å²) in [5, 5.41) is 6.62. The number of anilines is 2. The van der Waals surface area contributed by atoms with Crippen LogP contribution in [0.5, 0.6) is 5.75 Å². The molecular weight excluding hydrogens is 288 g/mol. The van der Waals surface area contributed by atoms with E-state index >= 15 is 0 Å². The van der Waals surface area contributed by atoms with Gasteiger partial charge in [-0.05, 0) is 29.8 Å². The number of halogens is 1. The third-order valence-corrected chi connectivity index (χ3v) is 3.23. The van der Waals surface area contributed by atoms with Crippen LogP contribution in [0.1, 0.15) is 12.5 Å². The molecule has 0 aliphatic carbocycles. The molecule has 2 aromatic rings.